The highest BCUT2D eigenvalue weighted by atomic mass is 32.2. The third-order valence-corrected chi connectivity index (χ3v) is 3.70. The van der Waals surface area contributed by atoms with Crippen LogP contribution in [0, 0.1) is 0 Å². The van der Waals surface area contributed by atoms with Gasteiger partial charge in [0.15, 0.2) is 0 Å². The normalized spacial score (nSPS) is 11.2. The molecular formula is C11H13N5O2S. The summed E-state index contributed by atoms with van der Waals surface area (Å²) in [6, 6.07) is 8.58. The van der Waals surface area contributed by atoms with Crippen molar-refractivity contribution < 1.29 is 8.42 Å². The summed E-state index contributed by atoms with van der Waals surface area (Å²) in [5.74, 6) is 0.269. The van der Waals surface area contributed by atoms with E-state index in [9.17, 15) is 8.42 Å². The lowest BCUT2D eigenvalue weighted by molar-refractivity contribution is 0.601. The maximum absolute atomic E-state index is 12.1. The lowest BCUT2D eigenvalue weighted by atomic mass is 10.3. The van der Waals surface area contributed by atoms with Gasteiger partial charge >= 0.3 is 0 Å². The summed E-state index contributed by atoms with van der Waals surface area (Å²) in [6.45, 7) is 0. The molecule has 2 rings (SSSR count). The molecule has 0 unspecified atom stereocenters. The molecule has 0 amide bonds. The van der Waals surface area contributed by atoms with E-state index in [1.165, 1.54) is 36.4 Å². The minimum absolute atomic E-state index is 0.0932. The highest BCUT2D eigenvalue weighted by Crippen LogP contribution is 2.19. The highest BCUT2D eigenvalue weighted by molar-refractivity contribution is 7.92. The maximum Gasteiger partial charge on any atom is 0.261 e. The lowest BCUT2D eigenvalue weighted by Gasteiger charge is -2.09. The Hall–Kier alpha value is -2.48. The first-order valence-corrected chi connectivity index (χ1v) is 6.76. The quantitative estimate of drug-likeness (QED) is 0.608. The number of rotatable bonds is 3. The molecule has 8 heteroatoms. The van der Waals surface area contributed by atoms with Crippen LogP contribution in [0.5, 0.6) is 0 Å². The van der Waals surface area contributed by atoms with Crippen LogP contribution >= 0.6 is 0 Å². The summed E-state index contributed by atoms with van der Waals surface area (Å²) in [7, 11) is -3.71. The Balaban J connectivity index is 2.33. The number of benzene rings is 1. The zero-order valence-electron chi connectivity index (χ0n) is 9.87. The van der Waals surface area contributed by atoms with Crippen molar-refractivity contribution in [2.45, 2.75) is 4.90 Å². The molecule has 1 aromatic heterocycles. The molecule has 7 nitrogen and oxygen atoms in total. The SMILES string of the molecule is Nc1ccc(S(=O)(=O)Nc2cc(N)nc(N)c2)cc1. The van der Waals surface area contributed by atoms with Crippen molar-refractivity contribution in [3.63, 3.8) is 0 Å². The Morgan fingerprint density at radius 2 is 1.47 bits per heavy atom. The van der Waals surface area contributed by atoms with Crippen LogP contribution in [-0.4, -0.2) is 13.4 Å². The predicted octanol–water partition coefficient (Wildman–Crippen LogP) is 0.629. The van der Waals surface area contributed by atoms with E-state index >= 15 is 0 Å². The highest BCUT2D eigenvalue weighted by Gasteiger charge is 2.14. The second-order valence-electron chi connectivity index (χ2n) is 3.88. The van der Waals surface area contributed by atoms with Gasteiger partial charge in [0.1, 0.15) is 11.6 Å². The zero-order chi connectivity index (χ0) is 14.0. The third kappa shape index (κ3) is 3.05. The number of hydrogen-bond acceptors (Lipinski definition) is 6. The number of nitrogens with two attached hydrogens (primary N) is 3. The Labute approximate surface area is 110 Å². The van der Waals surface area contributed by atoms with Gasteiger partial charge in [0.2, 0.25) is 0 Å². The second-order valence-corrected chi connectivity index (χ2v) is 5.56. The zero-order valence-corrected chi connectivity index (χ0v) is 10.7. The molecule has 0 saturated heterocycles. The third-order valence-electron chi connectivity index (χ3n) is 2.31. The van der Waals surface area contributed by atoms with E-state index in [-0.39, 0.29) is 22.2 Å². The van der Waals surface area contributed by atoms with E-state index in [2.05, 4.69) is 9.71 Å². The smallest absolute Gasteiger partial charge is 0.261 e. The van der Waals surface area contributed by atoms with Gasteiger partial charge in [0.05, 0.1) is 10.6 Å². The van der Waals surface area contributed by atoms with Crippen molar-refractivity contribution in [3.8, 4) is 0 Å². The number of nitrogen functional groups attached to an aromatic ring is 3. The van der Waals surface area contributed by atoms with Crippen LogP contribution in [0.25, 0.3) is 0 Å². The minimum Gasteiger partial charge on any atom is -0.399 e. The van der Waals surface area contributed by atoms with Crippen LogP contribution in [-0.2, 0) is 10.0 Å². The molecule has 0 aliphatic carbocycles. The van der Waals surface area contributed by atoms with Gasteiger partial charge in [-0.15, -0.1) is 0 Å². The first-order valence-electron chi connectivity index (χ1n) is 5.28. The largest absolute Gasteiger partial charge is 0.399 e. The molecule has 0 fully saturated rings. The molecule has 1 heterocycles. The first kappa shape index (κ1) is 13.0. The average molecular weight is 279 g/mol. The van der Waals surface area contributed by atoms with E-state index in [1.807, 2.05) is 0 Å². The number of pyridine rings is 1. The fourth-order valence-electron chi connectivity index (χ4n) is 1.49. The Morgan fingerprint density at radius 1 is 0.947 bits per heavy atom. The molecular weight excluding hydrogens is 266 g/mol. The van der Waals surface area contributed by atoms with Gasteiger partial charge in [-0.2, -0.15) is 0 Å². The molecule has 0 spiro atoms. The van der Waals surface area contributed by atoms with Crippen LogP contribution in [0.15, 0.2) is 41.3 Å². The number of aromatic nitrogens is 1. The number of sulfonamides is 1. The minimum atomic E-state index is -3.71. The van der Waals surface area contributed by atoms with Crippen molar-refractivity contribution in [1.29, 1.82) is 0 Å². The van der Waals surface area contributed by atoms with Crippen molar-refractivity contribution in [2.24, 2.45) is 0 Å². The van der Waals surface area contributed by atoms with E-state index in [1.54, 1.807) is 0 Å². The number of nitrogens with zero attached hydrogens (tertiary/aromatic N) is 1. The summed E-state index contributed by atoms with van der Waals surface area (Å²) < 4.78 is 26.5. The van der Waals surface area contributed by atoms with Crippen molar-refractivity contribution in [3.05, 3.63) is 36.4 Å². The fraction of sp³-hybridized carbons (Fsp3) is 0. The van der Waals surface area contributed by atoms with Gasteiger partial charge < -0.3 is 17.2 Å². The van der Waals surface area contributed by atoms with Crippen LogP contribution < -0.4 is 21.9 Å². The van der Waals surface area contributed by atoms with Crippen LogP contribution in [0.3, 0.4) is 0 Å². The topological polar surface area (TPSA) is 137 Å². The Bertz CT molecular complexity index is 677. The molecule has 0 aliphatic heterocycles. The molecule has 0 bridgehead atoms. The molecule has 2 aromatic rings. The summed E-state index contributed by atoms with van der Waals surface area (Å²) in [5, 5.41) is 0. The van der Waals surface area contributed by atoms with Gasteiger partial charge in [0, 0.05) is 17.8 Å². The number of nitrogens with one attached hydrogen (secondary N) is 1. The van der Waals surface area contributed by atoms with Crippen molar-refractivity contribution in [2.75, 3.05) is 21.9 Å². The predicted molar refractivity (Wildman–Crippen MR) is 74.7 cm³/mol. The van der Waals surface area contributed by atoms with Crippen molar-refractivity contribution >= 4 is 33.0 Å². The van der Waals surface area contributed by atoms with Crippen LogP contribution in [0.2, 0.25) is 0 Å². The Morgan fingerprint density at radius 3 is 2.00 bits per heavy atom. The standard InChI is InChI=1S/C11H13N5O2S/c12-7-1-3-9(4-2-7)19(17,18)16-8-5-10(13)15-11(14)6-8/h1-6H,12H2,(H5,13,14,15,16). The second kappa shape index (κ2) is 4.65. The molecule has 0 saturated carbocycles. The molecule has 1 aromatic carbocycles. The molecule has 7 N–H and O–H groups in total. The van der Waals surface area contributed by atoms with E-state index in [4.69, 9.17) is 17.2 Å². The molecule has 0 radical (unpaired) electrons. The number of anilines is 4. The van der Waals surface area contributed by atoms with E-state index in [0.717, 1.165) is 0 Å². The van der Waals surface area contributed by atoms with Gasteiger partial charge in [-0.1, -0.05) is 0 Å². The summed E-state index contributed by atoms with van der Waals surface area (Å²) in [5.41, 5.74) is 17.2. The van der Waals surface area contributed by atoms with Gasteiger partial charge in [0.25, 0.3) is 10.0 Å². The van der Waals surface area contributed by atoms with E-state index < -0.39 is 10.0 Å². The molecule has 0 atom stereocenters. The fourth-order valence-corrected chi connectivity index (χ4v) is 2.53. The Kier molecular flexibility index (Phi) is 3.17. The van der Waals surface area contributed by atoms with Crippen molar-refractivity contribution in [1.82, 2.24) is 4.98 Å². The summed E-state index contributed by atoms with van der Waals surface area (Å²) >= 11 is 0. The molecule has 100 valence electrons. The number of hydrogen-bond donors (Lipinski definition) is 4. The summed E-state index contributed by atoms with van der Waals surface area (Å²) in [4.78, 5) is 3.85. The van der Waals surface area contributed by atoms with Crippen LogP contribution in [0.4, 0.5) is 23.0 Å². The van der Waals surface area contributed by atoms with Gasteiger partial charge in [-0.05, 0) is 24.3 Å². The average Bonchev–Trinajstić information content (AvgIpc) is 2.27. The van der Waals surface area contributed by atoms with Gasteiger partial charge in [-0.25, -0.2) is 13.4 Å². The maximum atomic E-state index is 12.1. The first-order chi connectivity index (χ1) is 8.87. The monoisotopic (exact) mass is 279 g/mol. The van der Waals surface area contributed by atoms with E-state index in [0.29, 0.717) is 5.69 Å². The summed E-state index contributed by atoms with van der Waals surface area (Å²) in [6.07, 6.45) is 0. The molecule has 19 heavy (non-hydrogen) atoms. The van der Waals surface area contributed by atoms with Gasteiger partial charge in [-0.3, -0.25) is 4.72 Å². The van der Waals surface area contributed by atoms with Crippen LogP contribution in [0.1, 0.15) is 0 Å². The lowest BCUT2D eigenvalue weighted by Crippen LogP contribution is -2.13. The molecule has 0 aliphatic rings.